The molecule has 0 aromatic carbocycles. The Labute approximate surface area is 182 Å². The van der Waals surface area contributed by atoms with Crippen LogP contribution in [0.2, 0.25) is 0 Å². The Morgan fingerprint density at radius 2 is 1.81 bits per heavy atom. The average molecular weight is 436 g/mol. The van der Waals surface area contributed by atoms with Gasteiger partial charge in [0, 0.05) is 53.0 Å². The van der Waals surface area contributed by atoms with E-state index in [1.807, 2.05) is 35.5 Å². The summed E-state index contributed by atoms with van der Waals surface area (Å²) in [4.78, 5) is 50.3. The second-order valence-electron chi connectivity index (χ2n) is 8.09. The molecule has 1 aliphatic rings. The van der Waals surface area contributed by atoms with Gasteiger partial charge >= 0.3 is 5.69 Å². The highest BCUT2D eigenvalue weighted by Gasteiger charge is 2.23. The van der Waals surface area contributed by atoms with E-state index in [4.69, 9.17) is 0 Å². The second kappa shape index (κ2) is 7.75. The smallest absolute Gasteiger partial charge is 0.332 e. The number of amides is 1. The zero-order chi connectivity index (χ0) is 22.4. The van der Waals surface area contributed by atoms with Crippen molar-refractivity contribution in [1.29, 1.82) is 0 Å². The molecule has 0 saturated carbocycles. The summed E-state index contributed by atoms with van der Waals surface area (Å²) in [5.74, 6) is -0.0744. The fourth-order valence-corrected chi connectivity index (χ4v) is 4.25. The molecule has 0 unspecified atom stereocenters. The van der Waals surface area contributed by atoms with Crippen molar-refractivity contribution in [3.05, 3.63) is 63.5 Å². The SMILES string of the molecule is Cn1c(=O)c2c(ncn2CC(=O)N2CCN(Cc3cnc4ccccn34)CC2)n(C)c1=O. The summed E-state index contributed by atoms with van der Waals surface area (Å²) in [7, 11) is 2.98. The van der Waals surface area contributed by atoms with Crippen LogP contribution < -0.4 is 11.2 Å². The van der Waals surface area contributed by atoms with Crippen molar-refractivity contribution in [2.75, 3.05) is 26.2 Å². The summed E-state index contributed by atoms with van der Waals surface area (Å²) in [5, 5.41) is 0. The van der Waals surface area contributed by atoms with Crippen molar-refractivity contribution in [2.45, 2.75) is 13.1 Å². The van der Waals surface area contributed by atoms with Gasteiger partial charge in [-0.15, -0.1) is 0 Å². The third-order valence-electron chi connectivity index (χ3n) is 6.13. The lowest BCUT2D eigenvalue weighted by molar-refractivity contribution is -0.133. The molecular weight excluding hydrogens is 412 g/mol. The minimum Gasteiger partial charge on any atom is -0.339 e. The van der Waals surface area contributed by atoms with E-state index < -0.39 is 11.2 Å². The summed E-state index contributed by atoms with van der Waals surface area (Å²) in [6.07, 6.45) is 5.35. The predicted molar refractivity (Wildman–Crippen MR) is 117 cm³/mol. The first-order chi connectivity index (χ1) is 15.4. The molecule has 1 saturated heterocycles. The highest BCUT2D eigenvalue weighted by Crippen LogP contribution is 2.12. The number of carbonyl (C=O) groups is 1. The number of pyridine rings is 1. The standard InChI is InChI=1S/C21H24N8O3/c1-24-19-18(20(31)25(2)21(24)32)28(14-23-19)13-17(30)27-9-7-26(8-10-27)12-15-11-22-16-5-3-4-6-29(15)16/h3-6,11,14H,7-10,12-13H2,1-2H3. The minimum absolute atomic E-state index is 0.0111. The number of nitrogens with zero attached hydrogens (tertiary/aromatic N) is 8. The molecule has 0 spiro atoms. The first kappa shape index (κ1) is 20.2. The largest absolute Gasteiger partial charge is 0.339 e. The van der Waals surface area contributed by atoms with E-state index in [1.54, 1.807) is 7.05 Å². The molecule has 0 radical (unpaired) electrons. The lowest BCUT2D eigenvalue weighted by atomic mass is 10.3. The Kier molecular flexibility index (Phi) is 4.89. The van der Waals surface area contributed by atoms with E-state index in [-0.39, 0.29) is 23.6 Å². The quantitative estimate of drug-likeness (QED) is 0.424. The number of hydrogen-bond donors (Lipinski definition) is 0. The lowest BCUT2D eigenvalue weighted by Gasteiger charge is -2.34. The number of hydrogen-bond acceptors (Lipinski definition) is 6. The number of aromatic nitrogens is 6. The molecule has 0 bridgehead atoms. The van der Waals surface area contributed by atoms with Gasteiger partial charge in [-0.05, 0) is 12.1 Å². The summed E-state index contributed by atoms with van der Waals surface area (Å²) in [5.41, 5.74) is 1.68. The van der Waals surface area contributed by atoms with Crippen molar-refractivity contribution >= 4 is 22.7 Å². The summed E-state index contributed by atoms with van der Waals surface area (Å²) in [6.45, 7) is 3.51. The molecule has 4 aromatic rings. The first-order valence-electron chi connectivity index (χ1n) is 10.5. The third kappa shape index (κ3) is 3.30. The lowest BCUT2D eigenvalue weighted by Crippen LogP contribution is -2.49. The molecule has 11 heteroatoms. The van der Waals surface area contributed by atoms with Gasteiger partial charge in [-0.1, -0.05) is 6.07 Å². The van der Waals surface area contributed by atoms with E-state index >= 15 is 0 Å². The van der Waals surface area contributed by atoms with Gasteiger partial charge < -0.3 is 13.9 Å². The molecule has 0 atom stereocenters. The zero-order valence-electron chi connectivity index (χ0n) is 18.0. The molecule has 1 aliphatic heterocycles. The molecule has 11 nitrogen and oxygen atoms in total. The van der Waals surface area contributed by atoms with E-state index in [0.29, 0.717) is 13.1 Å². The highest BCUT2D eigenvalue weighted by molar-refractivity contribution is 5.79. The summed E-state index contributed by atoms with van der Waals surface area (Å²) < 4.78 is 5.96. The van der Waals surface area contributed by atoms with Gasteiger partial charge in [0.15, 0.2) is 11.2 Å². The van der Waals surface area contributed by atoms with Gasteiger partial charge in [0.1, 0.15) is 12.2 Å². The van der Waals surface area contributed by atoms with Crippen molar-refractivity contribution < 1.29 is 4.79 Å². The van der Waals surface area contributed by atoms with Gasteiger partial charge in [0.05, 0.1) is 18.2 Å². The summed E-state index contributed by atoms with van der Waals surface area (Å²) in [6, 6.07) is 5.93. The maximum absolute atomic E-state index is 12.9. The average Bonchev–Trinajstić information content (AvgIpc) is 3.41. The minimum atomic E-state index is -0.453. The Hall–Kier alpha value is -3.73. The van der Waals surface area contributed by atoms with E-state index in [9.17, 15) is 14.4 Å². The van der Waals surface area contributed by atoms with Crippen molar-refractivity contribution in [3.8, 4) is 0 Å². The molecule has 1 amide bonds. The maximum atomic E-state index is 12.9. The first-order valence-corrected chi connectivity index (χ1v) is 10.5. The number of aryl methyl sites for hydroxylation is 1. The predicted octanol–water partition coefficient (Wildman–Crippen LogP) is -0.574. The molecular formula is C21H24N8O3. The Morgan fingerprint density at radius 1 is 1.03 bits per heavy atom. The van der Waals surface area contributed by atoms with Crippen LogP contribution in [0.4, 0.5) is 0 Å². The number of fused-ring (bicyclic) bond motifs is 2. The number of imidazole rings is 2. The number of rotatable bonds is 4. The molecule has 5 rings (SSSR count). The van der Waals surface area contributed by atoms with E-state index in [0.717, 1.165) is 35.5 Å². The molecule has 5 heterocycles. The van der Waals surface area contributed by atoms with Crippen LogP contribution in [-0.2, 0) is 32.0 Å². The zero-order valence-corrected chi connectivity index (χ0v) is 18.0. The molecule has 166 valence electrons. The Balaban J connectivity index is 1.26. The second-order valence-corrected chi connectivity index (χ2v) is 8.09. The fraction of sp³-hybridized carbons (Fsp3) is 0.381. The van der Waals surface area contributed by atoms with Crippen LogP contribution in [-0.4, -0.2) is 70.0 Å². The van der Waals surface area contributed by atoms with Crippen LogP contribution in [0, 0.1) is 0 Å². The van der Waals surface area contributed by atoms with Crippen LogP contribution in [0.1, 0.15) is 5.69 Å². The number of piperazine rings is 1. The monoisotopic (exact) mass is 436 g/mol. The van der Waals surface area contributed by atoms with Gasteiger partial charge in [0.25, 0.3) is 5.56 Å². The van der Waals surface area contributed by atoms with Gasteiger partial charge in [-0.2, -0.15) is 0 Å². The van der Waals surface area contributed by atoms with Crippen LogP contribution >= 0.6 is 0 Å². The topological polar surface area (TPSA) is 103 Å². The highest BCUT2D eigenvalue weighted by atomic mass is 16.2. The van der Waals surface area contributed by atoms with Gasteiger partial charge in [0.2, 0.25) is 5.91 Å². The van der Waals surface area contributed by atoms with Crippen LogP contribution in [0.5, 0.6) is 0 Å². The maximum Gasteiger partial charge on any atom is 0.332 e. The molecule has 0 aliphatic carbocycles. The molecule has 1 fully saturated rings. The van der Waals surface area contributed by atoms with Crippen molar-refractivity contribution in [3.63, 3.8) is 0 Å². The van der Waals surface area contributed by atoms with Crippen molar-refractivity contribution in [1.82, 2.24) is 37.9 Å². The Morgan fingerprint density at radius 3 is 2.59 bits per heavy atom. The van der Waals surface area contributed by atoms with E-state index in [1.165, 1.54) is 22.5 Å². The van der Waals surface area contributed by atoms with Crippen LogP contribution in [0.3, 0.4) is 0 Å². The van der Waals surface area contributed by atoms with Crippen molar-refractivity contribution in [2.24, 2.45) is 14.1 Å². The molecule has 4 aromatic heterocycles. The Bertz CT molecular complexity index is 1440. The van der Waals surface area contributed by atoms with Gasteiger partial charge in [-0.25, -0.2) is 14.8 Å². The normalized spacial score (nSPS) is 15.1. The number of carbonyl (C=O) groups excluding carboxylic acids is 1. The van der Waals surface area contributed by atoms with Crippen LogP contribution in [0.15, 0.2) is 46.5 Å². The molecule has 0 N–H and O–H groups in total. The third-order valence-corrected chi connectivity index (χ3v) is 6.13. The molecule has 32 heavy (non-hydrogen) atoms. The van der Waals surface area contributed by atoms with Gasteiger partial charge in [-0.3, -0.25) is 23.6 Å². The van der Waals surface area contributed by atoms with Crippen LogP contribution in [0.25, 0.3) is 16.8 Å². The van der Waals surface area contributed by atoms with E-state index in [2.05, 4.69) is 19.3 Å². The fourth-order valence-electron chi connectivity index (χ4n) is 4.25. The summed E-state index contributed by atoms with van der Waals surface area (Å²) >= 11 is 0.